The summed E-state index contributed by atoms with van der Waals surface area (Å²) in [6, 6.07) is 7.79. The first-order valence-electron chi connectivity index (χ1n) is 12.2. The summed E-state index contributed by atoms with van der Waals surface area (Å²) in [5.41, 5.74) is 3.80. The normalized spacial score (nSPS) is 19.3. The molecule has 0 aliphatic carbocycles. The molecule has 190 valence electrons. The van der Waals surface area contributed by atoms with Crippen LogP contribution in [-0.4, -0.2) is 66.3 Å². The van der Waals surface area contributed by atoms with Crippen molar-refractivity contribution in [2.24, 2.45) is 5.92 Å². The molecule has 2 aliphatic heterocycles. The van der Waals surface area contributed by atoms with E-state index in [9.17, 15) is 14.7 Å². The molecule has 0 bridgehead atoms. The Labute approximate surface area is 206 Å². The molecule has 3 heterocycles. The molecule has 2 aliphatic rings. The van der Waals surface area contributed by atoms with Gasteiger partial charge in [-0.1, -0.05) is 26.0 Å². The van der Waals surface area contributed by atoms with E-state index in [-0.39, 0.29) is 12.1 Å². The molecule has 10 heteroatoms. The largest absolute Gasteiger partial charge is 0.530 e. The number of hydrogen-bond donors (Lipinski definition) is 3. The van der Waals surface area contributed by atoms with E-state index in [0.717, 1.165) is 36.6 Å². The van der Waals surface area contributed by atoms with E-state index >= 15 is 0 Å². The maximum Gasteiger partial charge on any atom is 0.319 e. The fourth-order valence-electron chi connectivity index (χ4n) is 4.27. The number of urea groups is 1. The number of hydrogen-bond acceptors (Lipinski definition) is 6. The zero-order chi connectivity index (χ0) is 25.2. The van der Waals surface area contributed by atoms with Crippen LogP contribution in [-0.2, 0) is 17.7 Å². The number of carbonyl (C=O) groups excluding carboxylic acids is 2. The summed E-state index contributed by atoms with van der Waals surface area (Å²) in [7, 11) is 0. The molecule has 3 N–H and O–H groups in total. The molecule has 0 spiro atoms. The lowest BCUT2D eigenvalue weighted by Crippen LogP contribution is -3.14. The fourth-order valence-corrected chi connectivity index (χ4v) is 4.27. The van der Waals surface area contributed by atoms with Gasteiger partial charge >= 0.3 is 6.03 Å². The maximum atomic E-state index is 11.5. The van der Waals surface area contributed by atoms with Crippen LogP contribution in [0.4, 0.5) is 15.3 Å². The number of anilines is 1. The van der Waals surface area contributed by atoms with Gasteiger partial charge in [-0.3, -0.25) is 0 Å². The number of fused-ring (bicyclic) bond motifs is 1. The molecule has 1 saturated heterocycles. The van der Waals surface area contributed by atoms with Crippen molar-refractivity contribution < 1.29 is 24.3 Å². The maximum absolute atomic E-state index is 11.5. The lowest BCUT2D eigenvalue weighted by atomic mass is 10.1. The zero-order valence-electron chi connectivity index (χ0n) is 20.8. The van der Waals surface area contributed by atoms with E-state index in [0.29, 0.717) is 32.0 Å². The summed E-state index contributed by atoms with van der Waals surface area (Å²) in [6.45, 7) is 11.9. The summed E-state index contributed by atoms with van der Waals surface area (Å²) in [6.07, 6.45) is 2.85. The summed E-state index contributed by atoms with van der Waals surface area (Å²) < 4.78 is 5.91. The highest BCUT2D eigenvalue weighted by molar-refractivity contribution is 5.89. The molecule has 35 heavy (non-hydrogen) atoms. The quantitative estimate of drug-likeness (QED) is 0.572. The second-order valence-electron chi connectivity index (χ2n) is 9.20. The van der Waals surface area contributed by atoms with Crippen LogP contribution in [0.1, 0.15) is 43.7 Å². The number of ether oxygens (including phenoxy) is 1. The minimum atomic E-state index is -1.13. The number of nitrogens with one attached hydrogen (secondary N) is 3. The van der Waals surface area contributed by atoms with Crippen LogP contribution in [0.2, 0.25) is 0 Å². The molecule has 1 aromatic carbocycles. The van der Waals surface area contributed by atoms with E-state index in [2.05, 4.69) is 34.4 Å². The Hall–Kier alpha value is -3.24. The average Bonchev–Trinajstić information content (AvgIpc) is 2.84. The molecule has 2 aromatic rings. The topological polar surface area (TPSA) is 124 Å². The number of amides is 3. The lowest BCUT2D eigenvalue weighted by molar-refractivity contribution is -0.915. The number of morpholine rings is 1. The smallest absolute Gasteiger partial charge is 0.319 e. The summed E-state index contributed by atoms with van der Waals surface area (Å²) >= 11 is 0. The minimum absolute atomic E-state index is 0.154. The summed E-state index contributed by atoms with van der Waals surface area (Å²) in [5, 5.41) is 16.1. The second-order valence-corrected chi connectivity index (χ2v) is 9.20. The van der Waals surface area contributed by atoms with E-state index < -0.39 is 6.09 Å². The Morgan fingerprint density at radius 3 is 2.74 bits per heavy atom. The Morgan fingerprint density at radius 1 is 1.29 bits per heavy atom. The number of nitrogens with zero attached hydrogens (tertiary/aromatic N) is 3. The van der Waals surface area contributed by atoms with Crippen molar-refractivity contribution in [3.05, 3.63) is 53.6 Å². The zero-order valence-corrected chi connectivity index (χ0v) is 20.8. The molecular formula is C25H36N6O4. The average molecular weight is 485 g/mol. The molecule has 3 amide bonds. The Morgan fingerprint density at radius 2 is 2.06 bits per heavy atom. The standard InChI is InChI=1S/C17H27N3O2.C8H9N3O2/c1-4-18-17(21)19-15-7-5-14(6-8-15)16-12-20(9-10-22-16)11-13(2)3;12-8(13)11-2-1-6-3-9-5-10-7(6)4-11/h5-8,13,16H,4,9-12H2,1-3H3,(H2,18,19,21);3,5H,1-2,4H2,(H,12,13). The molecular weight excluding hydrogens is 448 g/mol. The highest BCUT2D eigenvalue weighted by Gasteiger charge is 2.25. The van der Waals surface area contributed by atoms with E-state index in [1.165, 1.54) is 23.3 Å². The van der Waals surface area contributed by atoms with Gasteiger partial charge in [-0.15, -0.1) is 0 Å². The predicted octanol–water partition coefficient (Wildman–Crippen LogP) is 0.618. The molecule has 10 nitrogen and oxygen atoms in total. The van der Waals surface area contributed by atoms with Gasteiger partial charge in [0.05, 0.1) is 25.4 Å². The number of quaternary nitrogens is 1. The van der Waals surface area contributed by atoms with Gasteiger partial charge in [0.25, 0.3) is 0 Å². The highest BCUT2D eigenvalue weighted by Crippen LogP contribution is 2.20. The van der Waals surface area contributed by atoms with Crippen molar-refractivity contribution in [1.82, 2.24) is 20.2 Å². The van der Waals surface area contributed by atoms with Crippen molar-refractivity contribution in [2.75, 3.05) is 44.6 Å². The highest BCUT2D eigenvalue weighted by atomic mass is 16.5. The lowest BCUT2D eigenvalue weighted by Gasteiger charge is -2.31. The van der Waals surface area contributed by atoms with Gasteiger partial charge in [-0.2, -0.15) is 0 Å². The number of rotatable bonds is 5. The number of carboxylic acid groups (broad SMARTS) is 1. The third-order valence-corrected chi connectivity index (χ3v) is 5.95. The third-order valence-electron chi connectivity index (χ3n) is 5.95. The van der Waals surface area contributed by atoms with Gasteiger partial charge in [0.2, 0.25) is 0 Å². The Kier molecular flexibility index (Phi) is 9.80. The first-order valence-corrected chi connectivity index (χ1v) is 12.2. The molecule has 1 fully saturated rings. The molecule has 0 saturated carbocycles. The van der Waals surface area contributed by atoms with Crippen molar-refractivity contribution >= 4 is 17.8 Å². The van der Waals surface area contributed by atoms with Crippen LogP contribution in [0.25, 0.3) is 0 Å². The van der Waals surface area contributed by atoms with E-state index in [4.69, 9.17) is 4.74 Å². The fraction of sp³-hybridized carbons (Fsp3) is 0.520. The van der Waals surface area contributed by atoms with Crippen molar-refractivity contribution in [2.45, 2.75) is 39.8 Å². The van der Waals surface area contributed by atoms with Gasteiger partial charge in [0.1, 0.15) is 31.6 Å². The minimum Gasteiger partial charge on any atom is -0.530 e. The molecule has 2 unspecified atom stereocenters. The summed E-state index contributed by atoms with van der Waals surface area (Å²) in [5.74, 6) is 0.706. The molecule has 1 aromatic heterocycles. The van der Waals surface area contributed by atoms with Crippen LogP contribution in [0.15, 0.2) is 36.8 Å². The first-order chi connectivity index (χ1) is 16.9. The number of benzene rings is 1. The number of aromatic nitrogens is 2. The van der Waals surface area contributed by atoms with Crippen LogP contribution in [0.3, 0.4) is 0 Å². The first kappa shape index (κ1) is 26.4. The van der Waals surface area contributed by atoms with Crippen molar-refractivity contribution in [1.29, 1.82) is 0 Å². The van der Waals surface area contributed by atoms with Gasteiger partial charge in [-0.25, -0.2) is 14.8 Å². The predicted molar refractivity (Wildman–Crippen MR) is 130 cm³/mol. The Bertz CT molecular complexity index is 969. The molecule has 0 radical (unpaired) electrons. The van der Waals surface area contributed by atoms with Gasteiger partial charge in [-0.05, 0) is 36.6 Å². The van der Waals surface area contributed by atoms with Crippen molar-refractivity contribution in [3.8, 4) is 0 Å². The molecule has 2 atom stereocenters. The monoisotopic (exact) mass is 484 g/mol. The van der Waals surface area contributed by atoms with Crippen LogP contribution in [0.5, 0.6) is 0 Å². The second kappa shape index (κ2) is 13.0. The van der Waals surface area contributed by atoms with Gasteiger partial charge in [0.15, 0.2) is 0 Å². The molecule has 4 rings (SSSR count). The van der Waals surface area contributed by atoms with Crippen molar-refractivity contribution in [3.63, 3.8) is 0 Å². The van der Waals surface area contributed by atoms with E-state index in [1.807, 2.05) is 31.2 Å². The third kappa shape index (κ3) is 8.18. The van der Waals surface area contributed by atoms with Crippen LogP contribution < -0.4 is 20.6 Å². The Balaban J connectivity index is 0.000000223. The summed E-state index contributed by atoms with van der Waals surface area (Å²) in [4.78, 5) is 32.8. The van der Waals surface area contributed by atoms with Crippen LogP contribution >= 0.6 is 0 Å². The van der Waals surface area contributed by atoms with Gasteiger partial charge in [0, 0.05) is 30.9 Å². The van der Waals surface area contributed by atoms with Gasteiger partial charge < -0.3 is 35.1 Å². The van der Waals surface area contributed by atoms with E-state index in [1.54, 1.807) is 11.1 Å². The van der Waals surface area contributed by atoms with Crippen LogP contribution in [0, 0.1) is 5.92 Å². The number of carbonyl (C=O) groups is 2. The SMILES string of the molecule is CCNC(=O)Nc1ccc(C2C[NH+](CC(C)C)CCO2)cc1.O=C([O-])N1CCc2cncnc2C1.